The van der Waals surface area contributed by atoms with Crippen LogP contribution in [0.4, 0.5) is 0 Å². The van der Waals surface area contributed by atoms with E-state index in [1.54, 1.807) is 11.3 Å². The summed E-state index contributed by atoms with van der Waals surface area (Å²) in [5.41, 5.74) is 1.14. The number of hydrogen-bond acceptors (Lipinski definition) is 3. The number of H-pyrrole nitrogens is 1. The number of aromatic nitrogens is 3. The van der Waals surface area contributed by atoms with Gasteiger partial charge in [0.15, 0.2) is 10.6 Å². The van der Waals surface area contributed by atoms with E-state index in [0.29, 0.717) is 10.7 Å². The van der Waals surface area contributed by atoms with Crippen LogP contribution in [0, 0.1) is 4.77 Å². The summed E-state index contributed by atoms with van der Waals surface area (Å²) in [7, 11) is 1.92. The van der Waals surface area contributed by atoms with Crippen molar-refractivity contribution in [1.82, 2.24) is 14.8 Å². The van der Waals surface area contributed by atoms with Gasteiger partial charge in [-0.2, -0.15) is 5.10 Å². The topological polar surface area (TPSA) is 33.6 Å². The van der Waals surface area contributed by atoms with Gasteiger partial charge in [-0.05, 0) is 24.2 Å². The van der Waals surface area contributed by atoms with Crippen LogP contribution >= 0.6 is 23.6 Å². The Hall–Kier alpha value is -0.940. The van der Waals surface area contributed by atoms with Crippen LogP contribution in [-0.4, -0.2) is 14.8 Å². The number of rotatable bonds is 2. The van der Waals surface area contributed by atoms with E-state index in [9.17, 15) is 0 Å². The molecule has 2 aromatic heterocycles. The van der Waals surface area contributed by atoms with Crippen LogP contribution in [0.25, 0.3) is 11.4 Å². The van der Waals surface area contributed by atoms with Crippen LogP contribution in [0.3, 0.4) is 0 Å². The Kier molecular flexibility index (Phi) is 2.75. The maximum atomic E-state index is 5.08. The molecular weight excluding hydrogens is 226 g/mol. The van der Waals surface area contributed by atoms with Crippen LogP contribution in [0.5, 0.6) is 0 Å². The summed E-state index contributed by atoms with van der Waals surface area (Å²) in [6.45, 7) is 4.39. The Morgan fingerprint density at radius 1 is 1.53 bits per heavy atom. The summed E-state index contributed by atoms with van der Waals surface area (Å²) >= 11 is 6.85. The molecule has 2 aromatic rings. The molecule has 1 N–H and O–H groups in total. The molecule has 0 aromatic carbocycles. The predicted octanol–water partition coefficient (Wildman–Crippen LogP) is 3.33. The highest BCUT2D eigenvalue weighted by molar-refractivity contribution is 7.71. The van der Waals surface area contributed by atoms with Gasteiger partial charge in [0.1, 0.15) is 0 Å². The monoisotopic (exact) mass is 239 g/mol. The van der Waals surface area contributed by atoms with Crippen LogP contribution in [0.15, 0.2) is 11.4 Å². The number of nitrogens with zero attached hydrogens (tertiary/aromatic N) is 2. The van der Waals surface area contributed by atoms with Gasteiger partial charge in [-0.3, -0.25) is 5.10 Å². The first-order valence-corrected chi connectivity index (χ1v) is 6.08. The molecule has 0 aliphatic heterocycles. The molecule has 0 saturated heterocycles. The highest BCUT2D eigenvalue weighted by Gasteiger charge is 2.09. The van der Waals surface area contributed by atoms with E-state index < -0.39 is 0 Å². The highest BCUT2D eigenvalue weighted by Crippen LogP contribution is 2.28. The minimum Gasteiger partial charge on any atom is -0.303 e. The van der Waals surface area contributed by atoms with Crippen molar-refractivity contribution in [1.29, 1.82) is 0 Å². The zero-order chi connectivity index (χ0) is 11.0. The summed E-state index contributed by atoms with van der Waals surface area (Å²) in [6, 6.07) is 2.18. The Morgan fingerprint density at radius 2 is 2.27 bits per heavy atom. The maximum absolute atomic E-state index is 5.08. The van der Waals surface area contributed by atoms with E-state index in [1.165, 1.54) is 4.88 Å². The van der Waals surface area contributed by atoms with Gasteiger partial charge in [-0.25, -0.2) is 0 Å². The molecule has 3 nitrogen and oxygen atoms in total. The second-order valence-electron chi connectivity index (χ2n) is 3.80. The van der Waals surface area contributed by atoms with Gasteiger partial charge in [0.25, 0.3) is 0 Å². The van der Waals surface area contributed by atoms with Crippen molar-refractivity contribution in [2.24, 2.45) is 7.05 Å². The average molecular weight is 239 g/mol. The van der Waals surface area contributed by atoms with Crippen molar-refractivity contribution in [2.45, 2.75) is 19.8 Å². The van der Waals surface area contributed by atoms with E-state index in [-0.39, 0.29) is 0 Å². The van der Waals surface area contributed by atoms with Crippen LogP contribution in [0.2, 0.25) is 0 Å². The molecule has 0 amide bonds. The van der Waals surface area contributed by atoms with Crippen molar-refractivity contribution < 1.29 is 0 Å². The van der Waals surface area contributed by atoms with Crippen molar-refractivity contribution in [3.8, 4) is 11.4 Å². The second kappa shape index (κ2) is 3.90. The number of aromatic amines is 1. The van der Waals surface area contributed by atoms with Crippen molar-refractivity contribution in [2.75, 3.05) is 0 Å². The second-order valence-corrected chi connectivity index (χ2v) is 5.13. The summed E-state index contributed by atoms with van der Waals surface area (Å²) in [4.78, 5) is 1.37. The summed E-state index contributed by atoms with van der Waals surface area (Å²) in [5.74, 6) is 1.47. The van der Waals surface area contributed by atoms with E-state index >= 15 is 0 Å². The van der Waals surface area contributed by atoms with Crippen molar-refractivity contribution >= 4 is 23.6 Å². The van der Waals surface area contributed by atoms with Gasteiger partial charge in [0.2, 0.25) is 0 Å². The number of nitrogens with one attached hydrogen (secondary N) is 1. The fraction of sp³-hybridized carbons (Fsp3) is 0.400. The fourth-order valence-electron chi connectivity index (χ4n) is 1.38. The molecule has 0 unspecified atom stereocenters. The molecular formula is C10H13N3S2. The van der Waals surface area contributed by atoms with Crippen molar-refractivity contribution in [3.63, 3.8) is 0 Å². The Bertz CT molecular complexity index is 519. The fourth-order valence-corrected chi connectivity index (χ4v) is 2.41. The summed E-state index contributed by atoms with van der Waals surface area (Å²) in [6.07, 6.45) is 0. The van der Waals surface area contributed by atoms with Gasteiger partial charge in [0.05, 0.1) is 0 Å². The van der Waals surface area contributed by atoms with Gasteiger partial charge in [-0.15, -0.1) is 11.3 Å². The molecule has 0 aliphatic carbocycles. The molecule has 0 bridgehead atoms. The lowest BCUT2D eigenvalue weighted by molar-refractivity contribution is 0.886. The van der Waals surface area contributed by atoms with Crippen molar-refractivity contribution in [3.05, 3.63) is 21.1 Å². The Balaban J connectivity index is 2.46. The zero-order valence-corrected chi connectivity index (χ0v) is 10.6. The quantitative estimate of drug-likeness (QED) is 0.816. The molecule has 0 aliphatic rings. The largest absolute Gasteiger partial charge is 0.303 e. The molecule has 2 heterocycles. The van der Waals surface area contributed by atoms with Gasteiger partial charge in [0, 0.05) is 22.9 Å². The molecule has 0 radical (unpaired) electrons. The molecule has 0 atom stereocenters. The molecule has 15 heavy (non-hydrogen) atoms. The first-order valence-electron chi connectivity index (χ1n) is 4.79. The molecule has 0 fully saturated rings. The number of thiophene rings is 1. The standard InChI is InChI=1S/C10H13N3S2/c1-6(2)8-4-7(5-15-8)9-11-12-10(14)13(9)3/h4-6H,1-3H3,(H,12,14). The first-order chi connectivity index (χ1) is 7.09. The van der Waals surface area contributed by atoms with E-state index in [0.717, 1.165) is 11.4 Å². The Morgan fingerprint density at radius 3 is 2.73 bits per heavy atom. The maximum Gasteiger partial charge on any atom is 0.195 e. The third-order valence-corrected chi connectivity index (χ3v) is 3.93. The molecule has 2 rings (SSSR count). The minimum absolute atomic E-state index is 0.566. The van der Waals surface area contributed by atoms with Crippen LogP contribution in [-0.2, 0) is 7.05 Å². The SMILES string of the molecule is CC(C)c1cc(-c2n[nH]c(=S)n2C)cs1. The average Bonchev–Trinajstić information content (AvgIpc) is 2.76. The smallest absolute Gasteiger partial charge is 0.195 e. The lowest BCUT2D eigenvalue weighted by atomic mass is 10.1. The molecule has 80 valence electrons. The van der Waals surface area contributed by atoms with Gasteiger partial charge < -0.3 is 4.57 Å². The lowest BCUT2D eigenvalue weighted by Crippen LogP contribution is -1.91. The summed E-state index contributed by atoms with van der Waals surface area (Å²) in [5, 5.41) is 9.13. The minimum atomic E-state index is 0.566. The van der Waals surface area contributed by atoms with Crippen LogP contribution < -0.4 is 0 Å². The molecule has 0 spiro atoms. The number of hydrogen-bond donors (Lipinski definition) is 1. The van der Waals surface area contributed by atoms with Gasteiger partial charge in [-0.1, -0.05) is 13.8 Å². The third-order valence-electron chi connectivity index (χ3n) is 2.33. The van der Waals surface area contributed by atoms with E-state index in [2.05, 4.69) is 35.5 Å². The van der Waals surface area contributed by atoms with Crippen LogP contribution in [0.1, 0.15) is 24.6 Å². The normalized spacial score (nSPS) is 11.2. The predicted molar refractivity (Wildman–Crippen MR) is 65.8 cm³/mol. The highest BCUT2D eigenvalue weighted by atomic mass is 32.1. The van der Waals surface area contributed by atoms with E-state index in [1.807, 2.05) is 11.6 Å². The lowest BCUT2D eigenvalue weighted by Gasteiger charge is -1.98. The molecule has 0 saturated carbocycles. The zero-order valence-electron chi connectivity index (χ0n) is 8.94. The first kappa shape index (κ1) is 10.6. The molecule has 5 heteroatoms. The van der Waals surface area contributed by atoms with E-state index in [4.69, 9.17) is 12.2 Å². The Labute approximate surface area is 97.8 Å². The summed E-state index contributed by atoms with van der Waals surface area (Å²) < 4.78 is 2.55. The third kappa shape index (κ3) is 1.89. The van der Waals surface area contributed by atoms with Gasteiger partial charge >= 0.3 is 0 Å².